The van der Waals surface area contributed by atoms with Crippen molar-refractivity contribution in [3.8, 4) is 17.3 Å². The van der Waals surface area contributed by atoms with Gasteiger partial charge in [0.15, 0.2) is 10.8 Å². The molecule has 1 N–H and O–H groups in total. The number of aliphatic hydroxyl groups excluding tert-OH is 1. The van der Waals surface area contributed by atoms with E-state index in [0.29, 0.717) is 59.5 Å². The fourth-order valence-corrected chi connectivity index (χ4v) is 6.38. The van der Waals surface area contributed by atoms with Gasteiger partial charge >= 0.3 is 0 Å². The molecule has 13 heteroatoms. The second kappa shape index (κ2) is 11.6. The number of anilines is 3. The Morgan fingerprint density at radius 1 is 1.14 bits per heavy atom. The van der Waals surface area contributed by atoms with Crippen molar-refractivity contribution < 1.29 is 14.3 Å². The molecule has 11 nitrogen and oxygen atoms in total. The molecule has 6 rings (SSSR count). The van der Waals surface area contributed by atoms with Crippen molar-refractivity contribution >= 4 is 39.5 Å². The number of nitriles is 1. The quantitative estimate of drug-likeness (QED) is 0.331. The number of carbonyl (C=O) groups excluding carboxylic acids is 1. The van der Waals surface area contributed by atoms with Crippen molar-refractivity contribution in [2.45, 2.75) is 26.4 Å². The largest absolute Gasteiger partial charge is 0.389 e. The first-order chi connectivity index (χ1) is 20.4. The molecule has 0 aliphatic carbocycles. The van der Waals surface area contributed by atoms with Crippen molar-refractivity contribution in [3.63, 3.8) is 0 Å². The standard InChI is InChI=1S/C29H32FN9O2S/c1-3-22-27(38(4-2)29-33-26(23(15-31)42-29)19-5-7-20(30)8-6-19)28-32-24(9-10-39(28)34-22)36-13-11-35(12-14-36)18-25(41)37-16-21(40)17-37/h5-10,21,40H,3-4,11-14,16-18H2,1-2H3. The Morgan fingerprint density at radius 2 is 1.88 bits per heavy atom. The molecule has 2 aliphatic heterocycles. The molecule has 3 aromatic heterocycles. The van der Waals surface area contributed by atoms with Gasteiger partial charge in [-0.3, -0.25) is 9.69 Å². The number of likely N-dealkylation sites (tertiary alicyclic amines) is 1. The first-order valence-corrected chi connectivity index (χ1v) is 15.0. The Hall–Kier alpha value is -4.12. The zero-order chi connectivity index (χ0) is 29.4. The fourth-order valence-electron chi connectivity index (χ4n) is 5.42. The molecule has 0 bridgehead atoms. The van der Waals surface area contributed by atoms with E-state index >= 15 is 0 Å². The first kappa shape index (κ1) is 28.0. The van der Waals surface area contributed by atoms with E-state index in [1.807, 2.05) is 31.0 Å². The molecular formula is C29H32FN9O2S. The minimum atomic E-state index is -0.391. The normalized spacial score (nSPS) is 16.1. The van der Waals surface area contributed by atoms with E-state index in [2.05, 4.69) is 15.9 Å². The highest BCUT2D eigenvalue weighted by atomic mass is 32.1. The van der Waals surface area contributed by atoms with Gasteiger partial charge in [-0.05, 0) is 43.7 Å². The average molecular weight is 590 g/mol. The van der Waals surface area contributed by atoms with Crippen LogP contribution in [0, 0.1) is 17.1 Å². The number of aliphatic hydroxyl groups is 1. The number of nitrogens with zero attached hydrogens (tertiary/aromatic N) is 9. The average Bonchev–Trinajstić information content (AvgIpc) is 3.58. The third-order valence-corrected chi connectivity index (χ3v) is 8.76. The van der Waals surface area contributed by atoms with Gasteiger partial charge in [0.1, 0.15) is 34.0 Å². The van der Waals surface area contributed by atoms with Crippen LogP contribution in [-0.4, -0.2) is 98.9 Å². The molecule has 0 atom stereocenters. The minimum absolute atomic E-state index is 0.0632. The molecule has 2 fully saturated rings. The lowest BCUT2D eigenvalue weighted by Crippen LogP contribution is -2.57. The Labute approximate surface area is 247 Å². The minimum Gasteiger partial charge on any atom is -0.389 e. The number of thiazole rings is 1. The van der Waals surface area contributed by atoms with Crippen molar-refractivity contribution in [3.05, 3.63) is 52.9 Å². The number of fused-ring (bicyclic) bond motifs is 1. The Morgan fingerprint density at radius 3 is 2.52 bits per heavy atom. The molecule has 0 unspecified atom stereocenters. The van der Waals surface area contributed by atoms with Gasteiger partial charge in [-0.25, -0.2) is 18.9 Å². The van der Waals surface area contributed by atoms with Gasteiger partial charge in [-0.15, -0.1) is 0 Å². The van der Waals surface area contributed by atoms with Gasteiger partial charge in [-0.1, -0.05) is 18.3 Å². The van der Waals surface area contributed by atoms with Crippen molar-refractivity contribution in [2.24, 2.45) is 0 Å². The third kappa shape index (κ3) is 5.29. The van der Waals surface area contributed by atoms with E-state index < -0.39 is 6.10 Å². The van der Waals surface area contributed by atoms with Crippen LogP contribution in [0.1, 0.15) is 24.4 Å². The zero-order valence-corrected chi connectivity index (χ0v) is 24.4. The summed E-state index contributed by atoms with van der Waals surface area (Å²) >= 11 is 1.30. The highest BCUT2D eigenvalue weighted by Crippen LogP contribution is 2.39. The molecule has 4 aromatic rings. The van der Waals surface area contributed by atoms with Gasteiger partial charge in [0, 0.05) is 57.6 Å². The molecule has 0 spiro atoms. The third-order valence-electron chi connectivity index (χ3n) is 7.77. The Bertz CT molecular complexity index is 1630. The second-order valence-electron chi connectivity index (χ2n) is 10.5. The lowest BCUT2D eigenvalue weighted by molar-refractivity contribution is -0.142. The predicted molar refractivity (Wildman–Crippen MR) is 159 cm³/mol. The number of β-amino-alcohol motifs (C(OH)–C–C–N with tert-alkyl or cyclic N) is 1. The van der Waals surface area contributed by atoms with Crippen LogP contribution in [-0.2, 0) is 11.2 Å². The molecular weight excluding hydrogens is 557 g/mol. The van der Waals surface area contributed by atoms with E-state index in [4.69, 9.17) is 15.1 Å². The van der Waals surface area contributed by atoms with E-state index in [0.717, 1.165) is 43.4 Å². The summed E-state index contributed by atoms with van der Waals surface area (Å²) in [7, 11) is 0. The maximum Gasteiger partial charge on any atom is 0.236 e. The number of piperazine rings is 1. The SMILES string of the molecule is CCc1nn2ccc(N3CCN(CC(=O)N4CC(O)C4)CC3)nc2c1N(CC)c1nc(-c2ccc(F)cc2)c(C#N)s1. The summed E-state index contributed by atoms with van der Waals surface area (Å²) in [6, 6.07) is 10.2. The number of rotatable bonds is 8. The number of hydrogen-bond donors (Lipinski definition) is 1. The highest BCUT2D eigenvalue weighted by Gasteiger charge is 2.31. The van der Waals surface area contributed by atoms with Crippen LogP contribution < -0.4 is 9.80 Å². The van der Waals surface area contributed by atoms with Crippen LogP contribution in [0.4, 0.5) is 21.0 Å². The first-order valence-electron chi connectivity index (χ1n) is 14.1. The predicted octanol–water partition coefficient (Wildman–Crippen LogP) is 2.91. The zero-order valence-electron chi connectivity index (χ0n) is 23.6. The maximum atomic E-state index is 13.5. The summed E-state index contributed by atoms with van der Waals surface area (Å²) < 4.78 is 15.3. The number of hydrogen-bond acceptors (Lipinski definition) is 10. The molecule has 218 valence electrons. The van der Waals surface area contributed by atoms with E-state index in [1.165, 1.54) is 23.5 Å². The highest BCUT2D eigenvalue weighted by molar-refractivity contribution is 7.16. The Balaban J connectivity index is 1.26. The molecule has 0 saturated carbocycles. The summed E-state index contributed by atoms with van der Waals surface area (Å²) in [6.45, 7) is 8.84. The van der Waals surface area contributed by atoms with Crippen LogP contribution in [0.5, 0.6) is 0 Å². The molecule has 0 radical (unpaired) electrons. The van der Waals surface area contributed by atoms with Crippen molar-refractivity contribution in [1.29, 1.82) is 5.26 Å². The molecule has 1 amide bonds. The summed E-state index contributed by atoms with van der Waals surface area (Å²) in [4.78, 5) is 30.9. The van der Waals surface area contributed by atoms with E-state index in [9.17, 15) is 19.6 Å². The van der Waals surface area contributed by atoms with Gasteiger partial charge in [-0.2, -0.15) is 10.4 Å². The lowest BCUT2D eigenvalue weighted by Gasteiger charge is -2.39. The summed E-state index contributed by atoms with van der Waals surface area (Å²) in [5.41, 5.74) is 3.65. The van der Waals surface area contributed by atoms with Crippen LogP contribution in [0.2, 0.25) is 0 Å². The molecule has 2 saturated heterocycles. The van der Waals surface area contributed by atoms with Crippen LogP contribution >= 0.6 is 11.3 Å². The number of aryl methyl sites for hydroxylation is 1. The Kier molecular flexibility index (Phi) is 7.76. The van der Waals surface area contributed by atoms with Gasteiger partial charge in [0.05, 0.1) is 18.3 Å². The summed E-state index contributed by atoms with van der Waals surface area (Å²) in [5, 5.41) is 24.8. The number of halogens is 1. The van der Waals surface area contributed by atoms with Gasteiger partial charge in [0.2, 0.25) is 5.91 Å². The topological polar surface area (TPSA) is 117 Å². The molecule has 1 aromatic carbocycles. The van der Waals surface area contributed by atoms with Gasteiger partial charge < -0.3 is 19.8 Å². The van der Waals surface area contributed by atoms with Crippen LogP contribution in [0.25, 0.3) is 16.9 Å². The van der Waals surface area contributed by atoms with Gasteiger partial charge in [0.25, 0.3) is 0 Å². The lowest BCUT2D eigenvalue weighted by atomic mass is 10.1. The molecule has 5 heterocycles. The monoisotopic (exact) mass is 589 g/mol. The maximum absolute atomic E-state index is 13.5. The van der Waals surface area contributed by atoms with Crippen molar-refractivity contribution in [1.82, 2.24) is 29.4 Å². The summed E-state index contributed by atoms with van der Waals surface area (Å²) in [6.07, 6.45) is 2.22. The van der Waals surface area contributed by atoms with Crippen molar-refractivity contribution in [2.75, 3.05) is 62.2 Å². The van der Waals surface area contributed by atoms with Crippen LogP contribution in [0.3, 0.4) is 0 Å². The molecule has 42 heavy (non-hydrogen) atoms. The summed E-state index contributed by atoms with van der Waals surface area (Å²) in [5.74, 6) is 0.558. The van der Waals surface area contributed by atoms with E-state index in [-0.39, 0.29) is 11.7 Å². The second-order valence-corrected chi connectivity index (χ2v) is 11.4. The van der Waals surface area contributed by atoms with Crippen LogP contribution in [0.15, 0.2) is 36.5 Å². The number of carbonyl (C=O) groups is 1. The van der Waals surface area contributed by atoms with E-state index in [1.54, 1.807) is 21.5 Å². The number of amides is 1. The molecule has 2 aliphatic rings. The fraction of sp³-hybridized carbons (Fsp3) is 0.414. The number of aromatic nitrogens is 4. The smallest absolute Gasteiger partial charge is 0.236 e. The number of benzene rings is 1.